The highest BCUT2D eigenvalue weighted by Gasteiger charge is 2.24. The molecule has 6 heteroatoms. The smallest absolute Gasteiger partial charge is 0.326 e. The fraction of sp³-hybridized carbons (Fsp3) is 0.846. The molecule has 19 heavy (non-hydrogen) atoms. The third-order valence-corrected chi connectivity index (χ3v) is 2.82. The van der Waals surface area contributed by atoms with Gasteiger partial charge in [0.1, 0.15) is 6.04 Å². The molecule has 2 amide bonds. The monoisotopic (exact) mass is 274 g/mol. The Bertz CT molecular complexity index is 282. The van der Waals surface area contributed by atoms with Gasteiger partial charge >= 0.3 is 12.0 Å². The number of hydrogen-bond acceptors (Lipinski definition) is 3. The van der Waals surface area contributed by atoms with E-state index >= 15 is 0 Å². The quantitative estimate of drug-likeness (QED) is 0.557. The lowest BCUT2D eigenvalue weighted by molar-refractivity contribution is -0.140. The van der Waals surface area contributed by atoms with Crippen LogP contribution in [0.15, 0.2) is 0 Å². The SMILES string of the molecule is CC[C@@H](C)[C@H](NC(=O)NCCCOC(C)C)C(=O)O. The van der Waals surface area contributed by atoms with E-state index in [0.717, 1.165) is 0 Å². The fourth-order valence-electron chi connectivity index (χ4n) is 1.47. The predicted molar refractivity (Wildman–Crippen MR) is 73.1 cm³/mol. The van der Waals surface area contributed by atoms with Crippen molar-refractivity contribution in [2.75, 3.05) is 13.2 Å². The van der Waals surface area contributed by atoms with Gasteiger partial charge in [-0.25, -0.2) is 9.59 Å². The van der Waals surface area contributed by atoms with Crippen molar-refractivity contribution in [3.63, 3.8) is 0 Å². The zero-order chi connectivity index (χ0) is 14.8. The average molecular weight is 274 g/mol. The van der Waals surface area contributed by atoms with E-state index in [-0.39, 0.29) is 12.0 Å². The third kappa shape index (κ3) is 8.42. The second-order valence-electron chi connectivity index (χ2n) is 4.87. The summed E-state index contributed by atoms with van der Waals surface area (Å²) in [5.74, 6) is -1.11. The minimum absolute atomic E-state index is 0.104. The molecule has 6 nitrogen and oxygen atoms in total. The van der Waals surface area contributed by atoms with Crippen LogP contribution >= 0.6 is 0 Å². The van der Waals surface area contributed by atoms with Gasteiger partial charge in [0.25, 0.3) is 0 Å². The Kier molecular flexibility index (Phi) is 8.95. The molecule has 112 valence electrons. The minimum Gasteiger partial charge on any atom is -0.480 e. The molecular weight excluding hydrogens is 248 g/mol. The Morgan fingerprint density at radius 3 is 2.37 bits per heavy atom. The van der Waals surface area contributed by atoms with Crippen molar-refractivity contribution in [3.05, 3.63) is 0 Å². The molecule has 0 rings (SSSR count). The highest BCUT2D eigenvalue weighted by molar-refractivity contribution is 5.82. The molecule has 0 aliphatic carbocycles. The largest absolute Gasteiger partial charge is 0.480 e. The van der Waals surface area contributed by atoms with E-state index in [1.54, 1.807) is 6.92 Å². The number of carboxylic acids is 1. The molecule has 0 unspecified atom stereocenters. The van der Waals surface area contributed by atoms with Crippen LogP contribution in [0.2, 0.25) is 0 Å². The summed E-state index contributed by atoms with van der Waals surface area (Å²) in [5, 5.41) is 14.1. The van der Waals surface area contributed by atoms with E-state index in [1.807, 2.05) is 20.8 Å². The molecule has 3 N–H and O–H groups in total. The van der Waals surface area contributed by atoms with E-state index in [2.05, 4.69) is 10.6 Å². The van der Waals surface area contributed by atoms with Crippen LogP contribution < -0.4 is 10.6 Å². The summed E-state index contributed by atoms with van der Waals surface area (Å²) >= 11 is 0. The number of amides is 2. The van der Waals surface area contributed by atoms with Crippen LogP contribution in [0.4, 0.5) is 4.79 Å². The van der Waals surface area contributed by atoms with Gasteiger partial charge < -0.3 is 20.5 Å². The van der Waals surface area contributed by atoms with Crippen molar-refractivity contribution in [1.29, 1.82) is 0 Å². The Morgan fingerprint density at radius 2 is 1.89 bits per heavy atom. The van der Waals surface area contributed by atoms with Crippen LogP contribution in [0.1, 0.15) is 40.5 Å². The number of hydrogen-bond donors (Lipinski definition) is 3. The van der Waals surface area contributed by atoms with Crippen molar-refractivity contribution >= 4 is 12.0 Å². The van der Waals surface area contributed by atoms with Crippen molar-refractivity contribution in [3.8, 4) is 0 Å². The van der Waals surface area contributed by atoms with Crippen LogP contribution in [0.5, 0.6) is 0 Å². The molecule has 0 aromatic rings. The van der Waals surface area contributed by atoms with Crippen LogP contribution in [0, 0.1) is 5.92 Å². The van der Waals surface area contributed by atoms with Crippen molar-refractivity contribution in [2.24, 2.45) is 5.92 Å². The van der Waals surface area contributed by atoms with Gasteiger partial charge in [-0.2, -0.15) is 0 Å². The van der Waals surface area contributed by atoms with Gasteiger partial charge in [0.15, 0.2) is 0 Å². The molecule has 0 fully saturated rings. The summed E-state index contributed by atoms with van der Waals surface area (Å²) in [7, 11) is 0. The summed E-state index contributed by atoms with van der Waals surface area (Å²) in [6, 6.07) is -1.30. The van der Waals surface area contributed by atoms with Crippen molar-refractivity contribution in [2.45, 2.75) is 52.7 Å². The number of carbonyl (C=O) groups is 2. The molecule has 0 bridgehead atoms. The highest BCUT2D eigenvalue weighted by atomic mass is 16.5. The van der Waals surface area contributed by atoms with Gasteiger partial charge in [-0.15, -0.1) is 0 Å². The lowest BCUT2D eigenvalue weighted by Gasteiger charge is -2.20. The molecule has 0 saturated carbocycles. The number of carbonyl (C=O) groups excluding carboxylic acids is 1. The Morgan fingerprint density at radius 1 is 1.26 bits per heavy atom. The number of nitrogens with one attached hydrogen (secondary N) is 2. The van der Waals surface area contributed by atoms with Gasteiger partial charge in [-0.1, -0.05) is 20.3 Å². The molecular formula is C13H26N2O4. The van der Waals surface area contributed by atoms with Crippen LogP contribution in [0.3, 0.4) is 0 Å². The first-order chi connectivity index (χ1) is 8.88. The van der Waals surface area contributed by atoms with Gasteiger partial charge in [0, 0.05) is 13.2 Å². The molecule has 0 aromatic carbocycles. The summed E-state index contributed by atoms with van der Waals surface area (Å²) in [6.45, 7) is 8.63. The lowest BCUT2D eigenvalue weighted by atomic mass is 9.99. The first-order valence-electron chi connectivity index (χ1n) is 6.77. The second-order valence-corrected chi connectivity index (χ2v) is 4.87. The lowest BCUT2D eigenvalue weighted by Crippen LogP contribution is -2.49. The molecule has 0 spiro atoms. The topological polar surface area (TPSA) is 87.7 Å². The maximum atomic E-state index is 11.5. The molecule has 0 aliphatic heterocycles. The van der Waals surface area contributed by atoms with Crippen molar-refractivity contribution in [1.82, 2.24) is 10.6 Å². The van der Waals surface area contributed by atoms with E-state index in [4.69, 9.17) is 9.84 Å². The molecule has 0 radical (unpaired) electrons. The number of aliphatic carboxylic acids is 1. The minimum atomic E-state index is -1.01. The molecule has 0 aromatic heterocycles. The standard InChI is InChI=1S/C13H26N2O4/c1-5-10(4)11(12(16)17)15-13(18)14-7-6-8-19-9(2)3/h9-11H,5-8H2,1-4H3,(H,16,17)(H2,14,15,18)/t10-,11+/m1/s1. The summed E-state index contributed by atoms with van der Waals surface area (Å²) in [4.78, 5) is 22.6. The van der Waals surface area contributed by atoms with E-state index in [0.29, 0.717) is 26.0 Å². The summed E-state index contributed by atoms with van der Waals surface area (Å²) in [6.07, 6.45) is 1.57. The first kappa shape index (κ1) is 17.7. The van der Waals surface area contributed by atoms with E-state index in [1.165, 1.54) is 0 Å². The van der Waals surface area contributed by atoms with Crippen LogP contribution in [-0.2, 0) is 9.53 Å². The Hall–Kier alpha value is -1.30. The molecule has 0 saturated heterocycles. The molecule has 0 aliphatic rings. The third-order valence-electron chi connectivity index (χ3n) is 2.82. The van der Waals surface area contributed by atoms with Crippen LogP contribution in [-0.4, -0.2) is 42.4 Å². The van der Waals surface area contributed by atoms with Gasteiger partial charge in [-0.3, -0.25) is 0 Å². The Balaban J connectivity index is 3.91. The Labute approximate surface area is 114 Å². The number of carboxylic acid groups (broad SMARTS) is 1. The predicted octanol–water partition coefficient (Wildman–Crippen LogP) is 1.60. The normalized spacial score (nSPS) is 13.9. The molecule has 0 heterocycles. The maximum Gasteiger partial charge on any atom is 0.326 e. The van der Waals surface area contributed by atoms with Crippen molar-refractivity contribution < 1.29 is 19.4 Å². The number of rotatable bonds is 9. The fourth-order valence-corrected chi connectivity index (χ4v) is 1.47. The van der Waals surface area contributed by atoms with E-state index in [9.17, 15) is 9.59 Å². The zero-order valence-corrected chi connectivity index (χ0v) is 12.2. The first-order valence-corrected chi connectivity index (χ1v) is 6.77. The second kappa shape index (κ2) is 9.61. The van der Waals surface area contributed by atoms with Gasteiger partial charge in [0.05, 0.1) is 6.10 Å². The summed E-state index contributed by atoms with van der Waals surface area (Å²) < 4.78 is 5.33. The zero-order valence-electron chi connectivity index (χ0n) is 12.2. The summed E-state index contributed by atoms with van der Waals surface area (Å²) in [5.41, 5.74) is 0. The van der Waals surface area contributed by atoms with Crippen LogP contribution in [0.25, 0.3) is 0 Å². The van der Waals surface area contributed by atoms with Gasteiger partial charge in [-0.05, 0) is 26.2 Å². The van der Waals surface area contributed by atoms with E-state index < -0.39 is 18.0 Å². The maximum absolute atomic E-state index is 11.5. The highest BCUT2D eigenvalue weighted by Crippen LogP contribution is 2.07. The molecule has 2 atom stereocenters. The van der Waals surface area contributed by atoms with Gasteiger partial charge in [0.2, 0.25) is 0 Å². The number of ether oxygens (including phenoxy) is 1. The average Bonchev–Trinajstić information content (AvgIpc) is 2.33. The number of urea groups is 1.